The van der Waals surface area contributed by atoms with Crippen LogP contribution in [0.25, 0.3) is 0 Å². The minimum Gasteiger partial charge on any atom is -0.326 e. The summed E-state index contributed by atoms with van der Waals surface area (Å²) < 4.78 is 12.5. The Hall–Kier alpha value is -1.38. The molecule has 1 aromatic rings. The van der Waals surface area contributed by atoms with Gasteiger partial charge in [0, 0.05) is 13.0 Å². The number of hydrogen-bond donors (Lipinski definition) is 1. The van der Waals surface area contributed by atoms with Crippen LogP contribution < -0.4 is 5.32 Å². The summed E-state index contributed by atoms with van der Waals surface area (Å²) in [5, 5.41) is 2.71. The molecule has 1 aromatic carbocycles. The molecule has 1 amide bonds. The van der Waals surface area contributed by atoms with Gasteiger partial charge in [0.15, 0.2) is 0 Å². The van der Waals surface area contributed by atoms with E-state index in [2.05, 4.69) is 5.32 Å². The lowest BCUT2D eigenvalue weighted by atomic mass is 10.1. The summed E-state index contributed by atoms with van der Waals surface area (Å²) in [5.74, 6) is -0.342. The Morgan fingerprint density at radius 3 is 2.57 bits per heavy atom. The van der Waals surface area contributed by atoms with Crippen molar-refractivity contribution in [1.82, 2.24) is 0 Å². The van der Waals surface area contributed by atoms with E-state index in [0.29, 0.717) is 5.69 Å². The van der Waals surface area contributed by atoms with E-state index in [1.165, 1.54) is 12.1 Å². The SMILES string of the molecule is CCC(C)C(=O)Nc1ccc(F)cc1.[HH]. The summed E-state index contributed by atoms with van der Waals surface area (Å²) in [6.07, 6.45) is 0.799. The molecule has 0 aliphatic heterocycles. The lowest BCUT2D eigenvalue weighted by Gasteiger charge is -2.09. The number of halogens is 1. The number of benzene rings is 1. The van der Waals surface area contributed by atoms with Crippen molar-refractivity contribution in [3.63, 3.8) is 0 Å². The fraction of sp³-hybridized carbons (Fsp3) is 0.364. The summed E-state index contributed by atoms with van der Waals surface area (Å²) in [7, 11) is 0. The maximum atomic E-state index is 12.5. The van der Waals surface area contributed by atoms with Crippen molar-refractivity contribution < 1.29 is 10.6 Å². The number of rotatable bonds is 3. The molecule has 0 aliphatic carbocycles. The van der Waals surface area contributed by atoms with E-state index in [1.54, 1.807) is 12.1 Å². The first-order chi connectivity index (χ1) is 6.63. The molecule has 0 saturated heterocycles. The predicted octanol–water partition coefficient (Wildman–Crippen LogP) is 3.06. The highest BCUT2D eigenvalue weighted by molar-refractivity contribution is 5.92. The molecule has 3 heteroatoms. The Morgan fingerprint density at radius 2 is 2.07 bits per heavy atom. The van der Waals surface area contributed by atoms with Gasteiger partial charge in [-0.25, -0.2) is 4.39 Å². The van der Waals surface area contributed by atoms with Crippen LogP contribution >= 0.6 is 0 Å². The highest BCUT2D eigenvalue weighted by atomic mass is 19.1. The fourth-order valence-electron chi connectivity index (χ4n) is 0.984. The van der Waals surface area contributed by atoms with Crippen LogP contribution in [0.1, 0.15) is 21.7 Å². The van der Waals surface area contributed by atoms with Crippen molar-refractivity contribution in [1.29, 1.82) is 0 Å². The van der Waals surface area contributed by atoms with Gasteiger partial charge < -0.3 is 5.32 Å². The first-order valence-corrected chi connectivity index (χ1v) is 4.70. The third-order valence-electron chi connectivity index (χ3n) is 2.17. The second-order valence-electron chi connectivity index (χ2n) is 3.31. The van der Waals surface area contributed by atoms with Crippen molar-refractivity contribution in [3.8, 4) is 0 Å². The lowest BCUT2D eigenvalue weighted by molar-refractivity contribution is -0.119. The third-order valence-corrected chi connectivity index (χ3v) is 2.17. The molecule has 14 heavy (non-hydrogen) atoms. The van der Waals surface area contributed by atoms with Gasteiger partial charge >= 0.3 is 0 Å². The van der Waals surface area contributed by atoms with Crippen LogP contribution in [0.5, 0.6) is 0 Å². The van der Waals surface area contributed by atoms with Crippen LogP contribution in [0.15, 0.2) is 24.3 Å². The van der Waals surface area contributed by atoms with E-state index in [9.17, 15) is 9.18 Å². The monoisotopic (exact) mass is 197 g/mol. The standard InChI is InChI=1S/C11H14FNO.H2/c1-3-8(2)11(14)13-10-6-4-9(12)5-7-10;/h4-8H,3H2,1-2H3,(H,13,14);1H. The van der Waals surface area contributed by atoms with E-state index >= 15 is 0 Å². The molecule has 0 radical (unpaired) electrons. The van der Waals surface area contributed by atoms with Gasteiger partial charge in [0.05, 0.1) is 0 Å². The van der Waals surface area contributed by atoms with Gasteiger partial charge in [-0.2, -0.15) is 0 Å². The summed E-state index contributed by atoms with van der Waals surface area (Å²) >= 11 is 0. The Morgan fingerprint density at radius 1 is 1.50 bits per heavy atom. The topological polar surface area (TPSA) is 29.1 Å². The molecule has 0 aromatic heterocycles. The molecule has 1 rings (SSSR count). The summed E-state index contributed by atoms with van der Waals surface area (Å²) in [6, 6.07) is 5.75. The van der Waals surface area contributed by atoms with Gasteiger partial charge in [-0.05, 0) is 30.7 Å². The molecular formula is C11H16FNO. The summed E-state index contributed by atoms with van der Waals surface area (Å²) in [5.41, 5.74) is 0.636. The predicted molar refractivity (Wildman–Crippen MR) is 56.6 cm³/mol. The number of carbonyl (C=O) groups excluding carboxylic acids is 1. The number of hydrogen-bond acceptors (Lipinski definition) is 1. The van der Waals surface area contributed by atoms with Gasteiger partial charge in [0.25, 0.3) is 0 Å². The van der Waals surface area contributed by atoms with Crippen LogP contribution in [0, 0.1) is 11.7 Å². The van der Waals surface area contributed by atoms with E-state index in [-0.39, 0.29) is 19.1 Å². The Kier molecular flexibility index (Phi) is 3.63. The van der Waals surface area contributed by atoms with E-state index in [0.717, 1.165) is 6.42 Å². The van der Waals surface area contributed by atoms with Crippen LogP contribution in [-0.2, 0) is 4.79 Å². The highest BCUT2D eigenvalue weighted by Gasteiger charge is 2.09. The largest absolute Gasteiger partial charge is 0.326 e. The second-order valence-corrected chi connectivity index (χ2v) is 3.31. The first kappa shape index (κ1) is 10.7. The summed E-state index contributed by atoms with van der Waals surface area (Å²) in [4.78, 5) is 11.4. The number of carbonyl (C=O) groups is 1. The molecule has 0 bridgehead atoms. The minimum absolute atomic E-state index is 0. The molecule has 1 unspecified atom stereocenters. The second kappa shape index (κ2) is 4.74. The zero-order valence-corrected chi connectivity index (χ0v) is 8.38. The van der Waals surface area contributed by atoms with Crippen molar-refractivity contribution in [3.05, 3.63) is 30.1 Å². The Bertz CT molecular complexity index is 313. The number of amides is 1. The molecule has 0 fully saturated rings. The van der Waals surface area contributed by atoms with Crippen molar-refractivity contribution in [2.45, 2.75) is 20.3 Å². The third kappa shape index (κ3) is 2.83. The number of nitrogens with one attached hydrogen (secondary N) is 1. The molecule has 1 atom stereocenters. The molecule has 0 aliphatic rings. The Balaban J connectivity index is 0.00000196. The molecule has 0 spiro atoms. The van der Waals surface area contributed by atoms with Gasteiger partial charge in [0.1, 0.15) is 5.82 Å². The highest BCUT2D eigenvalue weighted by Crippen LogP contribution is 2.10. The quantitative estimate of drug-likeness (QED) is 0.792. The smallest absolute Gasteiger partial charge is 0.227 e. The van der Waals surface area contributed by atoms with Crippen LogP contribution in [0.4, 0.5) is 10.1 Å². The van der Waals surface area contributed by atoms with Crippen LogP contribution in [-0.4, -0.2) is 5.91 Å². The van der Waals surface area contributed by atoms with Crippen molar-refractivity contribution >= 4 is 11.6 Å². The van der Waals surface area contributed by atoms with Gasteiger partial charge in [-0.1, -0.05) is 13.8 Å². The fourth-order valence-corrected chi connectivity index (χ4v) is 0.984. The van der Waals surface area contributed by atoms with Gasteiger partial charge in [0.2, 0.25) is 5.91 Å². The maximum absolute atomic E-state index is 12.5. The van der Waals surface area contributed by atoms with Crippen LogP contribution in [0.2, 0.25) is 0 Å². The zero-order chi connectivity index (χ0) is 10.6. The van der Waals surface area contributed by atoms with E-state index in [1.807, 2.05) is 13.8 Å². The number of anilines is 1. The first-order valence-electron chi connectivity index (χ1n) is 4.70. The Labute approximate surface area is 84.6 Å². The van der Waals surface area contributed by atoms with Crippen molar-refractivity contribution in [2.75, 3.05) is 5.32 Å². The van der Waals surface area contributed by atoms with E-state index in [4.69, 9.17) is 0 Å². The average molecular weight is 197 g/mol. The summed E-state index contributed by atoms with van der Waals surface area (Å²) in [6.45, 7) is 3.81. The van der Waals surface area contributed by atoms with Crippen LogP contribution in [0.3, 0.4) is 0 Å². The molecule has 1 N–H and O–H groups in total. The molecule has 78 valence electrons. The van der Waals surface area contributed by atoms with E-state index < -0.39 is 0 Å². The van der Waals surface area contributed by atoms with Gasteiger partial charge in [-0.15, -0.1) is 0 Å². The molecule has 2 nitrogen and oxygen atoms in total. The average Bonchev–Trinajstić information content (AvgIpc) is 2.20. The molecule has 0 heterocycles. The maximum Gasteiger partial charge on any atom is 0.227 e. The van der Waals surface area contributed by atoms with Crippen molar-refractivity contribution in [2.24, 2.45) is 5.92 Å². The van der Waals surface area contributed by atoms with Gasteiger partial charge in [-0.3, -0.25) is 4.79 Å². The zero-order valence-electron chi connectivity index (χ0n) is 8.38. The molecule has 0 saturated carbocycles. The normalized spacial score (nSPS) is 12.2. The minimum atomic E-state index is -0.300. The molecular weight excluding hydrogens is 181 g/mol. The lowest BCUT2D eigenvalue weighted by Crippen LogP contribution is -2.19.